The highest BCUT2D eigenvalue weighted by molar-refractivity contribution is 6.02. The highest BCUT2D eigenvalue weighted by atomic mass is 16.2. The van der Waals surface area contributed by atoms with Crippen molar-refractivity contribution in [3.8, 4) is 0 Å². The number of nitrogens with two attached hydrogens (primary N) is 1. The van der Waals surface area contributed by atoms with Crippen LogP contribution in [0.15, 0.2) is 30.5 Å². The van der Waals surface area contributed by atoms with Gasteiger partial charge in [-0.3, -0.25) is 9.89 Å². The summed E-state index contributed by atoms with van der Waals surface area (Å²) in [6, 6.07) is 6.70. The molecule has 6 heteroatoms. The van der Waals surface area contributed by atoms with Crippen LogP contribution < -0.4 is 11.1 Å². The number of hydrogen-bond acceptors (Lipinski definition) is 4. The van der Waals surface area contributed by atoms with E-state index < -0.39 is 0 Å². The second-order valence-corrected chi connectivity index (χ2v) is 2.88. The van der Waals surface area contributed by atoms with Crippen LogP contribution >= 0.6 is 0 Å². The van der Waals surface area contributed by atoms with E-state index in [4.69, 9.17) is 5.73 Å². The molecule has 76 valence electrons. The zero-order valence-corrected chi connectivity index (χ0v) is 7.77. The summed E-state index contributed by atoms with van der Waals surface area (Å²) in [5, 5.41) is 8.76. The Labute approximate surface area is 85.5 Å². The van der Waals surface area contributed by atoms with Crippen molar-refractivity contribution < 1.29 is 4.79 Å². The van der Waals surface area contributed by atoms with Gasteiger partial charge in [0.25, 0.3) is 5.91 Å². The number of amides is 1. The van der Waals surface area contributed by atoms with Crippen LogP contribution in [0, 0.1) is 0 Å². The van der Waals surface area contributed by atoms with Crippen molar-refractivity contribution in [1.82, 2.24) is 15.2 Å². The van der Waals surface area contributed by atoms with Crippen molar-refractivity contribution in [2.75, 3.05) is 11.1 Å². The number of nitrogens with zero attached hydrogens (tertiary/aromatic N) is 2. The first-order valence-corrected chi connectivity index (χ1v) is 4.29. The fourth-order valence-electron chi connectivity index (χ4n) is 1.07. The number of hydrogen-bond donors (Lipinski definition) is 3. The number of rotatable bonds is 2. The van der Waals surface area contributed by atoms with Crippen LogP contribution in [0.5, 0.6) is 0 Å². The van der Waals surface area contributed by atoms with Gasteiger partial charge in [0.1, 0.15) is 17.3 Å². The van der Waals surface area contributed by atoms with Gasteiger partial charge < -0.3 is 11.1 Å². The lowest BCUT2D eigenvalue weighted by Gasteiger charge is -2.00. The first-order valence-electron chi connectivity index (χ1n) is 4.29. The number of H-pyrrole nitrogens is 1. The smallest absolute Gasteiger partial charge is 0.274 e. The molecule has 0 aliphatic carbocycles. The monoisotopic (exact) mass is 203 g/mol. The molecule has 15 heavy (non-hydrogen) atoms. The SMILES string of the molecule is Nc1cc(C(=O)Nc2ccccn2)[nH]n1. The Bertz CT molecular complexity index is 464. The maximum atomic E-state index is 11.5. The molecule has 0 atom stereocenters. The summed E-state index contributed by atoms with van der Waals surface area (Å²) in [5.74, 6) is 0.440. The van der Waals surface area contributed by atoms with E-state index in [2.05, 4.69) is 20.5 Å². The van der Waals surface area contributed by atoms with Gasteiger partial charge in [-0.05, 0) is 12.1 Å². The van der Waals surface area contributed by atoms with Crippen molar-refractivity contribution in [1.29, 1.82) is 0 Å². The molecule has 2 rings (SSSR count). The van der Waals surface area contributed by atoms with Crippen LogP contribution in [0.2, 0.25) is 0 Å². The van der Waals surface area contributed by atoms with Crippen molar-refractivity contribution in [3.63, 3.8) is 0 Å². The second-order valence-electron chi connectivity index (χ2n) is 2.88. The van der Waals surface area contributed by atoms with E-state index in [1.54, 1.807) is 24.4 Å². The summed E-state index contributed by atoms with van der Waals surface area (Å²) in [6.45, 7) is 0. The number of pyridine rings is 1. The van der Waals surface area contributed by atoms with E-state index in [1.165, 1.54) is 6.07 Å². The molecule has 0 saturated carbocycles. The van der Waals surface area contributed by atoms with Gasteiger partial charge in [0.05, 0.1) is 0 Å². The zero-order valence-electron chi connectivity index (χ0n) is 7.77. The average molecular weight is 203 g/mol. The van der Waals surface area contributed by atoms with Crippen molar-refractivity contribution in [2.24, 2.45) is 0 Å². The lowest BCUT2D eigenvalue weighted by molar-refractivity contribution is 0.102. The third-order valence-corrected chi connectivity index (χ3v) is 1.75. The molecule has 0 saturated heterocycles. The largest absolute Gasteiger partial charge is 0.382 e. The molecule has 0 radical (unpaired) electrons. The summed E-state index contributed by atoms with van der Waals surface area (Å²) >= 11 is 0. The van der Waals surface area contributed by atoms with Crippen LogP contribution in [-0.2, 0) is 0 Å². The molecule has 0 aromatic carbocycles. The van der Waals surface area contributed by atoms with Crippen molar-refractivity contribution >= 4 is 17.5 Å². The van der Waals surface area contributed by atoms with Gasteiger partial charge in [0, 0.05) is 12.3 Å². The van der Waals surface area contributed by atoms with E-state index in [0.717, 1.165) is 0 Å². The number of carbonyl (C=O) groups excluding carboxylic acids is 1. The third-order valence-electron chi connectivity index (χ3n) is 1.75. The molecule has 4 N–H and O–H groups in total. The lowest BCUT2D eigenvalue weighted by atomic mass is 10.4. The average Bonchev–Trinajstić information content (AvgIpc) is 2.66. The maximum Gasteiger partial charge on any atom is 0.274 e. The summed E-state index contributed by atoms with van der Waals surface area (Å²) in [5.41, 5.74) is 5.68. The first kappa shape index (κ1) is 9.20. The van der Waals surface area contributed by atoms with Gasteiger partial charge in [-0.15, -0.1) is 0 Å². The van der Waals surface area contributed by atoms with Gasteiger partial charge >= 0.3 is 0 Å². The number of aromatic nitrogens is 3. The first-order chi connectivity index (χ1) is 7.25. The minimum absolute atomic E-state index is 0.279. The van der Waals surface area contributed by atoms with E-state index >= 15 is 0 Å². The standard InChI is InChI=1S/C9H9N5O/c10-7-5-6(13-14-7)9(15)12-8-3-1-2-4-11-8/h1-5H,(H3,10,13,14)(H,11,12,15). The second kappa shape index (κ2) is 3.79. The fourth-order valence-corrected chi connectivity index (χ4v) is 1.07. The molecule has 0 bridgehead atoms. The topological polar surface area (TPSA) is 96.7 Å². The van der Waals surface area contributed by atoms with E-state index in [9.17, 15) is 4.79 Å². The van der Waals surface area contributed by atoms with Crippen LogP contribution in [0.25, 0.3) is 0 Å². The van der Waals surface area contributed by atoms with Gasteiger partial charge in [-0.1, -0.05) is 6.07 Å². The number of aromatic amines is 1. The molecule has 0 aliphatic rings. The normalized spacial score (nSPS) is 9.87. The number of nitrogens with one attached hydrogen (secondary N) is 2. The van der Waals surface area contributed by atoms with E-state index in [0.29, 0.717) is 11.5 Å². The summed E-state index contributed by atoms with van der Waals surface area (Å²) in [6.07, 6.45) is 1.59. The molecule has 0 aliphatic heterocycles. The van der Waals surface area contributed by atoms with Gasteiger partial charge in [-0.25, -0.2) is 4.98 Å². The molecule has 2 heterocycles. The van der Waals surface area contributed by atoms with Crippen LogP contribution in [0.4, 0.5) is 11.6 Å². The highest BCUT2D eigenvalue weighted by Gasteiger charge is 2.08. The minimum atomic E-state index is -0.321. The quantitative estimate of drug-likeness (QED) is 0.667. The molecule has 0 unspecified atom stereocenters. The minimum Gasteiger partial charge on any atom is -0.382 e. The van der Waals surface area contributed by atoms with Gasteiger partial charge in [-0.2, -0.15) is 5.10 Å². The van der Waals surface area contributed by atoms with Crippen LogP contribution in [0.3, 0.4) is 0 Å². The van der Waals surface area contributed by atoms with E-state index in [1.807, 2.05) is 0 Å². The highest BCUT2D eigenvalue weighted by Crippen LogP contribution is 2.05. The summed E-state index contributed by atoms with van der Waals surface area (Å²) < 4.78 is 0. The predicted molar refractivity (Wildman–Crippen MR) is 55.2 cm³/mol. The molecule has 6 nitrogen and oxygen atoms in total. The van der Waals surface area contributed by atoms with Gasteiger partial charge in [0.15, 0.2) is 0 Å². The molecule has 2 aromatic rings. The predicted octanol–water partition coefficient (Wildman–Crippen LogP) is 0.639. The number of carbonyl (C=O) groups is 1. The molecule has 0 spiro atoms. The Balaban J connectivity index is 2.11. The lowest BCUT2D eigenvalue weighted by Crippen LogP contribution is -2.13. The Hall–Kier alpha value is -2.37. The Kier molecular flexibility index (Phi) is 2.32. The Morgan fingerprint density at radius 3 is 2.93 bits per heavy atom. The molecular weight excluding hydrogens is 194 g/mol. The zero-order chi connectivity index (χ0) is 10.7. The van der Waals surface area contributed by atoms with Crippen molar-refractivity contribution in [2.45, 2.75) is 0 Å². The summed E-state index contributed by atoms with van der Waals surface area (Å²) in [7, 11) is 0. The summed E-state index contributed by atoms with van der Waals surface area (Å²) in [4.78, 5) is 15.5. The maximum absolute atomic E-state index is 11.5. The number of nitrogen functional groups attached to an aromatic ring is 1. The third kappa shape index (κ3) is 2.11. The Morgan fingerprint density at radius 2 is 2.33 bits per heavy atom. The van der Waals surface area contributed by atoms with Crippen molar-refractivity contribution in [3.05, 3.63) is 36.2 Å². The molecule has 2 aromatic heterocycles. The number of anilines is 2. The van der Waals surface area contributed by atoms with Crippen LogP contribution in [0.1, 0.15) is 10.5 Å². The Morgan fingerprint density at radius 1 is 1.47 bits per heavy atom. The molecular formula is C9H9N5O. The fraction of sp³-hybridized carbons (Fsp3) is 0. The van der Waals surface area contributed by atoms with E-state index in [-0.39, 0.29) is 11.7 Å². The molecule has 0 fully saturated rings. The van der Waals surface area contributed by atoms with Crippen LogP contribution in [-0.4, -0.2) is 21.1 Å². The van der Waals surface area contributed by atoms with Gasteiger partial charge in [0.2, 0.25) is 0 Å². The molecule has 1 amide bonds.